The van der Waals surface area contributed by atoms with E-state index in [4.69, 9.17) is 27.9 Å². The number of hydrogen-bond donors (Lipinski definition) is 1. The van der Waals surface area contributed by atoms with Gasteiger partial charge in [-0.3, -0.25) is 14.6 Å². The molecule has 2 heterocycles. The van der Waals surface area contributed by atoms with Gasteiger partial charge < -0.3 is 15.0 Å². The molecule has 3 amide bonds. The number of piperazine rings is 1. The molecule has 0 spiro atoms. The van der Waals surface area contributed by atoms with E-state index in [0.717, 1.165) is 0 Å². The number of carbonyl (C=O) groups is 3. The third kappa shape index (κ3) is 6.18. The minimum atomic E-state index is -0.754. The zero-order valence-corrected chi connectivity index (χ0v) is 21.9. The number of nitrogens with zero attached hydrogens (tertiary/aromatic N) is 3. The van der Waals surface area contributed by atoms with Crippen molar-refractivity contribution in [3.8, 4) is 0 Å². The van der Waals surface area contributed by atoms with E-state index in [9.17, 15) is 14.4 Å². The second-order valence-electron chi connectivity index (χ2n) is 8.79. The molecule has 2 aliphatic heterocycles. The van der Waals surface area contributed by atoms with Crippen LogP contribution in [0.5, 0.6) is 0 Å². The second kappa shape index (κ2) is 11.9. The quantitative estimate of drug-likeness (QED) is 0.414. The second-order valence-corrected chi connectivity index (χ2v) is 9.61. The van der Waals surface area contributed by atoms with Gasteiger partial charge in [-0.05, 0) is 24.6 Å². The number of amides is 3. The van der Waals surface area contributed by atoms with Crippen molar-refractivity contribution in [3.05, 3.63) is 57.7 Å². The van der Waals surface area contributed by atoms with Crippen LogP contribution in [0.2, 0.25) is 10.0 Å². The molecule has 1 N–H and O–H groups in total. The van der Waals surface area contributed by atoms with E-state index in [-0.39, 0.29) is 31.0 Å². The molecule has 0 radical (unpaired) electrons. The van der Waals surface area contributed by atoms with Gasteiger partial charge in [0.1, 0.15) is 0 Å². The summed E-state index contributed by atoms with van der Waals surface area (Å²) in [6.07, 6.45) is 1.61. The fraction of sp³-hybridized carbons (Fsp3) is 0.480. The number of rotatable bonds is 8. The summed E-state index contributed by atoms with van der Waals surface area (Å²) in [7, 11) is 0. The first kappa shape index (κ1) is 27.0. The minimum absolute atomic E-state index is 0.0586. The molecule has 2 aliphatic rings. The predicted octanol–water partition coefficient (Wildman–Crippen LogP) is 3.86. The Balaban J connectivity index is 2.00. The van der Waals surface area contributed by atoms with Crippen LogP contribution in [0.3, 0.4) is 0 Å². The van der Waals surface area contributed by atoms with E-state index in [1.165, 1.54) is 4.90 Å². The Kier molecular flexibility index (Phi) is 9.21. The zero-order chi connectivity index (χ0) is 25.7. The molecule has 0 saturated carbocycles. The molecule has 1 fully saturated rings. The standard InChI is InChI=1S/C25H32Cl2N4O4/c1-5-9-31-20(15-29-10-12-30(13-11-29)23(32)16(3)4)21(24(33)35-6-2)22(28-25(31)34)17-7-8-18(26)19(27)14-17/h5,7-8,14,16,22H,1,6,9-13,15H2,2-4H3,(H,28,34)/t22-/m0/s1. The van der Waals surface area contributed by atoms with Crippen molar-refractivity contribution in [2.75, 3.05) is 45.9 Å². The van der Waals surface area contributed by atoms with Gasteiger partial charge in [-0.2, -0.15) is 0 Å². The lowest BCUT2D eigenvalue weighted by atomic mass is 9.94. The molecule has 1 aromatic rings. The molecular formula is C25H32Cl2N4O4. The van der Waals surface area contributed by atoms with E-state index >= 15 is 0 Å². The number of nitrogens with one attached hydrogen (secondary N) is 1. The van der Waals surface area contributed by atoms with Crippen molar-refractivity contribution in [1.82, 2.24) is 20.0 Å². The van der Waals surface area contributed by atoms with Crippen LogP contribution in [0.4, 0.5) is 4.79 Å². The third-order valence-electron chi connectivity index (χ3n) is 6.07. The summed E-state index contributed by atoms with van der Waals surface area (Å²) < 4.78 is 5.41. The number of esters is 1. The summed E-state index contributed by atoms with van der Waals surface area (Å²) in [5, 5.41) is 3.61. The number of ether oxygens (including phenoxy) is 1. The Morgan fingerprint density at radius 2 is 1.89 bits per heavy atom. The fourth-order valence-corrected chi connectivity index (χ4v) is 4.60. The SMILES string of the molecule is C=CCN1C(=O)N[C@@H](c2ccc(Cl)c(Cl)c2)C(C(=O)OCC)=C1CN1CCN(C(=O)C(C)C)CC1. The average molecular weight is 523 g/mol. The Bertz CT molecular complexity index is 1020. The molecule has 190 valence electrons. The maximum absolute atomic E-state index is 13.2. The summed E-state index contributed by atoms with van der Waals surface area (Å²) in [5.74, 6) is -0.445. The molecule has 1 saturated heterocycles. The van der Waals surface area contributed by atoms with Gasteiger partial charge in [0.15, 0.2) is 0 Å². The predicted molar refractivity (Wildman–Crippen MR) is 136 cm³/mol. The van der Waals surface area contributed by atoms with E-state index in [2.05, 4.69) is 16.8 Å². The van der Waals surface area contributed by atoms with Gasteiger partial charge in [0, 0.05) is 50.9 Å². The van der Waals surface area contributed by atoms with Gasteiger partial charge in [0.25, 0.3) is 0 Å². The van der Waals surface area contributed by atoms with Crippen LogP contribution in [0.15, 0.2) is 42.1 Å². The number of carbonyl (C=O) groups excluding carboxylic acids is 3. The number of urea groups is 1. The van der Waals surface area contributed by atoms with E-state index in [1.807, 2.05) is 18.7 Å². The monoisotopic (exact) mass is 522 g/mol. The largest absolute Gasteiger partial charge is 0.463 e. The van der Waals surface area contributed by atoms with Crippen LogP contribution < -0.4 is 5.32 Å². The molecule has 10 heteroatoms. The summed E-state index contributed by atoms with van der Waals surface area (Å²) >= 11 is 12.3. The van der Waals surface area contributed by atoms with Crippen molar-refractivity contribution >= 4 is 41.1 Å². The lowest BCUT2D eigenvalue weighted by molar-refractivity contribution is -0.139. The van der Waals surface area contributed by atoms with Crippen LogP contribution in [0, 0.1) is 5.92 Å². The molecule has 1 aromatic carbocycles. The molecule has 0 aromatic heterocycles. The van der Waals surface area contributed by atoms with Crippen LogP contribution in [0.1, 0.15) is 32.4 Å². The fourth-order valence-electron chi connectivity index (χ4n) is 4.29. The lowest BCUT2D eigenvalue weighted by Gasteiger charge is -2.40. The lowest BCUT2D eigenvalue weighted by Crippen LogP contribution is -2.54. The van der Waals surface area contributed by atoms with Crippen molar-refractivity contribution in [3.63, 3.8) is 0 Å². The minimum Gasteiger partial charge on any atom is -0.463 e. The molecule has 0 bridgehead atoms. The van der Waals surface area contributed by atoms with Crippen LogP contribution in [0.25, 0.3) is 0 Å². The van der Waals surface area contributed by atoms with E-state index in [0.29, 0.717) is 59.6 Å². The molecular weight excluding hydrogens is 491 g/mol. The summed E-state index contributed by atoms with van der Waals surface area (Å²) in [4.78, 5) is 44.3. The summed E-state index contributed by atoms with van der Waals surface area (Å²) in [6, 6.07) is 3.91. The molecule has 0 aliphatic carbocycles. The van der Waals surface area contributed by atoms with Gasteiger partial charge in [-0.1, -0.05) is 49.2 Å². The molecule has 8 nitrogen and oxygen atoms in total. The Labute approximate surface area is 216 Å². The van der Waals surface area contributed by atoms with Gasteiger partial charge in [0.05, 0.1) is 28.3 Å². The van der Waals surface area contributed by atoms with Crippen LogP contribution in [-0.2, 0) is 14.3 Å². The zero-order valence-electron chi connectivity index (χ0n) is 20.4. The van der Waals surface area contributed by atoms with Crippen LogP contribution in [-0.4, -0.2) is 78.5 Å². The first-order valence-electron chi connectivity index (χ1n) is 11.7. The highest BCUT2D eigenvalue weighted by Gasteiger charge is 2.39. The first-order chi connectivity index (χ1) is 16.7. The summed E-state index contributed by atoms with van der Waals surface area (Å²) in [6.45, 7) is 12.5. The van der Waals surface area contributed by atoms with Crippen molar-refractivity contribution in [2.45, 2.75) is 26.8 Å². The maximum Gasteiger partial charge on any atom is 0.338 e. The highest BCUT2D eigenvalue weighted by atomic mass is 35.5. The Hall–Kier alpha value is -2.55. The first-order valence-corrected chi connectivity index (χ1v) is 12.5. The van der Waals surface area contributed by atoms with Crippen molar-refractivity contribution in [2.24, 2.45) is 5.92 Å². The van der Waals surface area contributed by atoms with Crippen LogP contribution >= 0.6 is 23.2 Å². The highest BCUT2D eigenvalue weighted by Crippen LogP contribution is 2.35. The molecule has 35 heavy (non-hydrogen) atoms. The van der Waals surface area contributed by atoms with Crippen molar-refractivity contribution in [1.29, 1.82) is 0 Å². The summed E-state index contributed by atoms with van der Waals surface area (Å²) in [5.41, 5.74) is 1.51. The molecule has 0 unspecified atom stereocenters. The highest BCUT2D eigenvalue weighted by molar-refractivity contribution is 6.42. The van der Waals surface area contributed by atoms with E-state index in [1.54, 1.807) is 31.2 Å². The number of benzene rings is 1. The maximum atomic E-state index is 13.2. The van der Waals surface area contributed by atoms with Gasteiger partial charge in [-0.25, -0.2) is 9.59 Å². The normalized spacial score (nSPS) is 19.1. The molecule has 1 atom stereocenters. The van der Waals surface area contributed by atoms with Gasteiger partial charge in [-0.15, -0.1) is 6.58 Å². The topological polar surface area (TPSA) is 82.2 Å². The van der Waals surface area contributed by atoms with Gasteiger partial charge >= 0.3 is 12.0 Å². The number of hydrogen-bond acceptors (Lipinski definition) is 5. The smallest absolute Gasteiger partial charge is 0.338 e. The Morgan fingerprint density at radius 3 is 2.46 bits per heavy atom. The average Bonchev–Trinajstić information content (AvgIpc) is 2.83. The van der Waals surface area contributed by atoms with Crippen molar-refractivity contribution < 1.29 is 19.1 Å². The molecule has 3 rings (SSSR count). The van der Waals surface area contributed by atoms with E-state index < -0.39 is 12.0 Å². The number of halogens is 2. The van der Waals surface area contributed by atoms with Gasteiger partial charge in [0.2, 0.25) is 5.91 Å². The third-order valence-corrected chi connectivity index (χ3v) is 6.81. The Morgan fingerprint density at radius 1 is 1.20 bits per heavy atom.